The Labute approximate surface area is 169 Å². The van der Waals surface area contributed by atoms with Crippen LogP contribution in [0, 0.1) is 11.6 Å². The number of carbonyl (C=O) groups is 1. The van der Waals surface area contributed by atoms with Gasteiger partial charge in [0.2, 0.25) is 5.91 Å². The summed E-state index contributed by atoms with van der Waals surface area (Å²) >= 11 is 0. The van der Waals surface area contributed by atoms with Crippen LogP contribution >= 0.6 is 0 Å². The van der Waals surface area contributed by atoms with Crippen LogP contribution in [0.3, 0.4) is 0 Å². The Morgan fingerprint density at radius 3 is 2.76 bits per heavy atom. The fourth-order valence-corrected chi connectivity index (χ4v) is 3.70. The number of para-hydroxylation sites is 1. The molecule has 2 N–H and O–H groups in total. The third kappa shape index (κ3) is 4.82. The highest BCUT2D eigenvalue weighted by molar-refractivity contribution is 5.88. The predicted molar refractivity (Wildman–Crippen MR) is 110 cm³/mol. The summed E-state index contributed by atoms with van der Waals surface area (Å²) in [6.45, 7) is 3.11. The number of carbonyl (C=O) groups excluding carboxylic acids is 1. The highest BCUT2D eigenvalue weighted by atomic mass is 19.1. The summed E-state index contributed by atoms with van der Waals surface area (Å²) in [5, 5.41) is 3.80. The lowest BCUT2D eigenvalue weighted by Crippen LogP contribution is -2.27. The molecule has 29 heavy (non-hydrogen) atoms. The minimum Gasteiger partial charge on any atom is -0.385 e. The molecular weight excluding hydrogens is 374 g/mol. The van der Waals surface area contributed by atoms with E-state index in [1.165, 1.54) is 12.1 Å². The molecule has 3 aromatic rings. The smallest absolute Gasteiger partial charge is 0.220 e. The molecule has 0 saturated carbocycles. The molecule has 0 radical (unpaired) electrons. The number of nitrogens with one attached hydrogen (secondary N) is 2. The van der Waals surface area contributed by atoms with Gasteiger partial charge in [0.25, 0.3) is 0 Å². The number of halogens is 2. The zero-order valence-electron chi connectivity index (χ0n) is 16.7. The number of hydrogen-bond donors (Lipinski definition) is 2. The third-order valence-corrected chi connectivity index (χ3v) is 5.16. The van der Waals surface area contributed by atoms with Crippen molar-refractivity contribution in [3.05, 3.63) is 70.9 Å². The summed E-state index contributed by atoms with van der Waals surface area (Å²) in [5.41, 5.74) is 3.27. The van der Waals surface area contributed by atoms with E-state index in [0.717, 1.165) is 34.5 Å². The van der Waals surface area contributed by atoms with Crippen LogP contribution in [0.5, 0.6) is 0 Å². The molecule has 0 aliphatic heterocycles. The SMILES string of the molecule is CCc1cccc2c([C@@H](CC(=O)NCCCOC)c3ccc(F)cc3F)c[nH]c12. The van der Waals surface area contributed by atoms with E-state index in [9.17, 15) is 13.6 Å². The number of benzene rings is 2. The maximum atomic E-state index is 14.6. The first-order valence-electron chi connectivity index (χ1n) is 9.84. The van der Waals surface area contributed by atoms with Crippen molar-refractivity contribution < 1.29 is 18.3 Å². The molecule has 1 aromatic heterocycles. The van der Waals surface area contributed by atoms with Gasteiger partial charge in [-0.2, -0.15) is 0 Å². The Bertz CT molecular complexity index is 984. The summed E-state index contributed by atoms with van der Waals surface area (Å²) in [6, 6.07) is 9.49. The topological polar surface area (TPSA) is 54.1 Å². The first kappa shape index (κ1) is 21.0. The molecular formula is C23H26F2N2O2. The average molecular weight is 400 g/mol. The zero-order valence-corrected chi connectivity index (χ0v) is 16.7. The van der Waals surface area contributed by atoms with Crippen LogP contribution in [0.4, 0.5) is 8.78 Å². The molecule has 1 amide bonds. The van der Waals surface area contributed by atoms with Crippen LogP contribution in [0.2, 0.25) is 0 Å². The maximum absolute atomic E-state index is 14.6. The molecule has 3 rings (SSSR count). The number of aromatic amines is 1. The van der Waals surface area contributed by atoms with Gasteiger partial charge < -0.3 is 15.0 Å². The van der Waals surface area contributed by atoms with Gasteiger partial charge in [-0.1, -0.05) is 31.2 Å². The Hall–Kier alpha value is -2.73. The average Bonchev–Trinajstić information content (AvgIpc) is 3.14. The third-order valence-electron chi connectivity index (χ3n) is 5.16. The van der Waals surface area contributed by atoms with Gasteiger partial charge >= 0.3 is 0 Å². The van der Waals surface area contributed by atoms with E-state index in [4.69, 9.17) is 4.74 Å². The summed E-state index contributed by atoms with van der Waals surface area (Å²) in [4.78, 5) is 15.8. The van der Waals surface area contributed by atoms with E-state index in [0.29, 0.717) is 25.1 Å². The normalized spacial score (nSPS) is 12.3. The molecule has 0 spiro atoms. The fourth-order valence-electron chi connectivity index (χ4n) is 3.70. The number of rotatable bonds is 9. The van der Waals surface area contributed by atoms with Gasteiger partial charge in [0.1, 0.15) is 11.6 Å². The Morgan fingerprint density at radius 2 is 2.03 bits per heavy atom. The van der Waals surface area contributed by atoms with Gasteiger partial charge in [-0.05, 0) is 35.6 Å². The van der Waals surface area contributed by atoms with Crippen LogP contribution in [0.1, 0.15) is 42.4 Å². The van der Waals surface area contributed by atoms with Gasteiger partial charge in [0.15, 0.2) is 0 Å². The van der Waals surface area contributed by atoms with Crippen LogP contribution in [-0.2, 0) is 16.0 Å². The highest BCUT2D eigenvalue weighted by Gasteiger charge is 2.24. The number of H-pyrrole nitrogens is 1. The van der Waals surface area contributed by atoms with Crippen molar-refractivity contribution in [2.45, 2.75) is 32.1 Å². The fraction of sp³-hybridized carbons (Fsp3) is 0.348. The zero-order chi connectivity index (χ0) is 20.8. The summed E-state index contributed by atoms with van der Waals surface area (Å²) in [5.74, 6) is -2.00. The van der Waals surface area contributed by atoms with Crippen molar-refractivity contribution in [2.75, 3.05) is 20.3 Å². The second-order valence-electron chi connectivity index (χ2n) is 7.06. The predicted octanol–water partition coefficient (Wildman–Crippen LogP) is 4.68. The van der Waals surface area contributed by atoms with Crippen molar-refractivity contribution in [2.24, 2.45) is 0 Å². The van der Waals surface area contributed by atoms with Crippen LogP contribution in [-0.4, -0.2) is 31.2 Å². The van der Waals surface area contributed by atoms with Gasteiger partial charge in [-0.25, -0.2) is 8.78 Å². The highest BCUT2D eigenvalue weighted by Crippen LogP contribution is 2.35. The number of hydrogen-bond acceptors (Lipinski definition) is 2. The van der Waals surface area contributed by atoms with Crippen molar-refractivity contribution >= 4 is 16.8 Å². The van der Waals surface area contributed by atoms with E-state index < -0.39 is 17.6 Å². The molecule has 2 aromatic carbocycles. The summed E-state index contributed by atoms with van der Waals surface area (Å²) in [6.07, 6.45) is 3.45. The second kappa shape index (κ2) is 9.65. The van der Waals surface area contributed by atoms with Crippen molar-refractivity contribution in [1.82, 2.24) is 10.3 Å². The van der Waals surface area contributed by atoms with Crippen molar-refractivity contribution in [3.63, 3.8) is 0 Å². The summed E-state index contributed by atoms with van der Waals surface area (Å²) in [7, 11) is 1.61. The van der Waals surface area contributed by atoms with Crippen LogP contribution in [0.25, 0.3) is 10.9 Å². The van der Waals surface area contributed by atoms with Gasteiger partial charge in [0, 0.05) is 55.8 Å². The molecule has 4 nitrogen and oxygen atoms in total. The molecule has 1 heterocycles. The lowest BCUT2D eigenvalue weighted by atomic mass is 9.87. The van der Waals surface area contributed by atoms with Gasteiger partial charge in [0.05, 0.1) is 0 Å². The second-order valence-corrected chi connectivity index (χ2v) is 7.06. The monoisotopic (exact) mass is 400 g/mol. The Balaban J connectivity index is 1.96. The molecule has 0 bridgehead atoms. The number of amides is 1. The first-order valence-corrected chi connectivity index (χ1v) is 9.84. The number of methoxy groups -OCH3 is 1. The molecule has 0 aliphatic carbocycles. The van der Waals surface area contributed by atoms with Crippen LogP contribution in [0.15, 0.2) is 42.6 Å². The first-order chi connectivity index (χ1) is 14.0. The number of aromatic nitrogens is 1. The van der Waals surface area contributed by atoms with E-state index in [2.05, 4.69) is 17.2 Å². The molecule has 6 heteroatoms. The molecule has 0 aliphatic rings. The molecule has 0 fully saturated rings. The van der Waals surface area contributed by atoms with E-state index >= 15 is 0 Å². The Morgan fingerprint density at radius 1 is 1.21 bits per heavy atom. The van der Waals surface area contributed by atoms with Crippen molar-refractivity contribution in [3.8, 4) is 0 Å². The van der Waals surface area contributed by atoms with Gasteiger partial charge in [-0.3, -0.25) is 4.79 Å². The summed E-state index contributed by atoms with van der Waals surface area (Å²) < 4.78 is 33.1. The van der Waals surface area contributed by atoms with Crippen molar-refractivity contribution in [1.29, 1.82) is 0 Å². The molecule has 1 atom stereocenters. The maximum Gasteiger partial charge on any atom is 0.220 e. The quantitative estimate of drug-likeness (QED) is 0.512. The molecule has 0 saturated heterocycles. The minimum absolute atomic E-state index is 0.0683. The molecule has 0 unspecified atom stereocenters. The standard InChI is InChI=1S/C23H26F2N2O2/c1-3-15-6-4-7-18-20(14-27-23(15)18)19(13-22(28)26-10-5-11-29-2)17-9-8-16(24)12-21(17)25/h4,6-9,12,14,19,27H,3,5,10-11,13H2,1-2H3,(H,26,28)/t19-/m0/s1. The van der Waals surface area contributed by atoms with E-state index in [1.807, 2.05) is 24.4 Å². The van der Waals surface area contributed by atoms with E-state index in [1.54, 1.807) is 7.11 Å². The molecule has 154 valence electrons. The van der Waals surface area contributed by atoms with E-state index in [-0.39, 0.29) is 12.3 Å². The van der Waals surface area contributed by atoms with Crippen LogP contribution < -0.4 is 5.32 Å². The minimum atomic E-state index is -0.650. The Kier molecular flexibility index (Phi) is 6.99. The number of fused-ring (bicyclic) bond motifs is 1. The van der Waals surface area contributed by atoms with Gasteiger partial charge in [-0.15, -0.1) is 0 Å². The number of aryl methyl sites for hydroxylation is 1. The lowest BCUT2D eigenvalue weighted by Gasteiger charge is -2.18. The lowest BCUT2D eigenvalue weighted by molar-refractivity contribution is -0.121. The number of ether oxygens (including phenoxy) is 1. The largest absolute Gasteiger partial charge is 0.385 e.